The molecular formula is C24H17NO7. The van der Waals surface area contributed by atoms with Crippen molar-refractivity contribution in [1.29, 1.82) is 0 Å². The van der Waals surface area contributed by atoms with Gasteiger partial charge in [0.25, 0.3) is 11.7 Å². The summed E-state index contributed by atoms with van der Waals surface area (Å²) in [7, 11) is 0. The first-order valence-electron chi connectivity index (χ1n) is 10.1. The second-order valence-electron chi connectivity index (χ2n) is 7.64. The number of hydrogen-bond acceptors (Lipinski definition) is 7. The van der Waals surface area contributed by atoms with Gasteiger partial charge in [-0.25, -0.2) is 0 Å². The van der Waals surface area contributed by atoms with Crippen LogP contribution in [0.1, 0.15) is 22.9 Å². The first-order chi connectivity index (χ1) is 15.6. The summed E-state index contributed by atoms with van der Waals surface area (Å²) in [5.41, 5.74) is 1.77. The number of carbonyl (C=O) groups is 2. The molecule has 1 fully saturated rings. The number of ketones is 1. The molecule has 1 aromatic heterocycles. The number of anilines is 1. The fraction of sp³-hybridized carbons (Fsp3) is 0.167. The van der Waals surface area contributed by atoms with Gasteiger partial charge in [-0.1, -0.05) is 0 Å². The number of ether oxygens (including phenoxy) is 3. The van der Waals surface area contributed by atoms with Crippen LogP contribution in [0, 0.1) is 0 Å². The first-order valence-corrected chi connectivity index (χ1v) is 10.1. The number of carbonyl (C=O) groups excluding carboxylic acids is 2. The van der Waals surface area contributed by atoms with Gasteiger partial charge in [0, 0.05) is 23.7 Å². The van der Waals surface area contributed by atoms with E-state index in [9.17, 15) is 14.7 Å². The van der Waals surface area contributed by atoms with Crippen LogP contribution in [0.25, 0.3) is 5.76 Å². The van der Waals surface area contributed by atoms with E-state index in [0.29, 0.717) is 41.5 Å². The van der Waals surface area contributed by atoms with Gasteiger partial charge in [-0.15, -0.1) is 0 Å². The van der Waals surface area contributed by atoms with Crippen LogP contribution in [0.3, 0.4) is 0 Å². The van der Waals surface area contributed by atoms with E-state index in [1.165, 1.54) is 11.2 Å². The molecule has 1 unspecified atom stereocenters. The zero-order valence-corrected chi connectivity index (χ0v) is 16.7. The van der Waals surface area contributed by atoms with E-state index in [4.69, 9.17) is 18.6 Å². The molecule has 4 heterocycles. The number of benzene rings is 2. The van der Waals surface area contributed by atoms with Gasteiger partial charge in [-0.3, -0.25) is 14.5 Å². The van der Waals surface area contributed by atoms with E-state index in [2.05, 4.69) is 0 Å². The molecule has 1 amide bonds. The van der Waals surface area contributed by atoms with Gasteiger partial charge in [-0.2, -0.15) is 0 Å². The summed E-state index contributed by atoms with van der Waals surface area (Å²) >= 11 is 0. The number of aliphatic hydroxyl groups excluding tert-OH is 1. The van der Waals surface area contributed by atoms with E-state index in [1.807, 2.05) is 0 Å². The van der Waals surface area contributed by atoms with E-state index in [1.54, 1.807) is 48.5 Å². The monoisotopic (exact) mass is 431 g/mol. The summed E-state index contributed by atoms with van der Waals surface area (Å²) < 4.78 is 21.9. The maximum absolute atomic E-state index is 13.1. The normalized spacial score (nSPS) is 20.5. The molecule has 1 N–H and O–H groups in total. The molecule has 0 saturated carbocycles. The summed E-state index contributed by atoms with van der Waals surface area (Å²) in [5.74, 6) is 0.316. The Hall–Kier alpha value is -4.20. The lowest BCUT2D eigenvalue weighted by molar-refractivity contribution is -0.132. The average Bonchev–Trinajstić information content (AvgIpc) is 3.60. The standard InChI is InChI=1S/C24H17NO7/c26-22(14-3-5-16-13(10-14)7-9-30-16)20-21(18-2-1-8-29-18)25(24(28)23(20)27)15-4-6-17-19(11-15)32-12-31-17/h1-6,8,10-11,21,26H,7,9,12H2/b22-20-. The van der Waals surface area contributed by atoms with Crippen molar-refractivity contribution in [2.75, 3.05) is 18.3 Å². The molecule has 1 saturated heterocycles. The summed E-state index contributed by atoms with van der Waals surface area (Å²) in [4.78, 5) is 27.6. The number of rotatable bonds is 3. The van der Waals surface area contributed by atoms with Crippen molar-refractivity contribution in [1.82, 2.24) is 0 Å². The number of aliphatic hydroxyl groups is 1. The number of fused-ring (bicyclic) bond motifs is 2. The zero-order valence-electron chi connectivity index (χ0n) is 16.7. The van der Waals surface area contributed by atoms with E-state index >= 15 is 0 Å². The van der Waals surface area contributed by atoms with Gasteiger partial charge in [0.05, 0.1) is 18.4 Å². The molecule has 0 aliphatic carbocycles. The molecule has 6 rings (SSSR count). The van der Waals surface area contributed by atoms with Crippen molar-refractivity contribution in [3.63, 3.8) is 0 Å². The molecule has 2 aromatic carbocycles. The lowest BCUT2D eigenvalue weighted by Crippen LogP contribution is -2.29. The molecule has 160 valence electrons. The van der Waals surface area contributed by atoms with Crippen LogP contribution < -0.4 is 19.1 Å². The third-order valence-electron chi connectivity index (χ3n) is 5.85. The molecule has 0 bridgehead atoms. The Balaban J connectivity index is 1.51. The third-order valence-corrected chi connectivity index (χ3v) is 5.85. The predicted octanol–water partition coefficient (Wildman–Crippen LogP) is 3.57. The van der Waals surface area contributed by atoms with Crippen LogP contribution >= 0.6 is 0 Å². The second kappa shape index (κ2) is 6.91. The van der Waals surface area contributed by atoms with Crippen molar-refractivity contribution < 1.29 is 33.3 Å². The fourth-order valence-electron chi connectivity index (χ4n) is 4.34. The highest BCUT2D eigenvalue weighted by Gasteiger charge is 2.48. The topological polar surface area (TPSA) is 98.4 Å². The number of hydrogen-bond donors (Lipinski definition) is 1. The van der Waals surface area contributed by atoms with Crippen molar-refractivity contribution in [3.05, 3.63) is 77.3 Å². The minimum Gasteiger partial charge on any atom is -0.507 e. The highest BCUT2D eigenvalue weighted by Crippen LogP contribution is 2.45. The molecule has 3 aliphatic rings. The maximum Gasteiger partial charge on any atom is 0.300 e. The predicted molar refractivity (Wildman–Crippen MR) is 112 cm³/mol. The third kappa shape index (κ3) is 2.69. The van der Waals surface area contributed by atoms with Gasteiger partial charge in [0.1, 0.15) is 23.3 Å². The Morgan fingerprint density at radius 3 is 2.66 bits per heavy atom. The average molecular weight is 431 g/mol. The molecule has 8 heteroatoms. The van der Waals surface area contributed by atoms with Crippen LogP contribution in [0.4, 0.5) is 5.69 Å². The molecule has 1 atom stereocenters. The van der Waals surface area contributed by atoms with Crippen molar-refractivity contribution in [2.45, 2.75) is 12.5 Å². The van der Waals surface area contributed by atoms with Crippen LogP contribution in [0.2, 0.25) is 0 Å². The summed E-state index contributed by atoms with van der Waals surface area (Å²) in [6.45, 7) is 0.654. The highest BCUT2D eigenvalue weighted by atomic mass is 16.7. The Kier molecular flexibility index (Phi) is 4.01. The molecular weight excluding hydrogens is 414 g/mol. The SMILES string of the molecule is O=C1C(=O)N(c2ccc3c(c2)OCO3)C(c2ccco2)/C1=C(/O)c1ccc2c(c1)CCO2. The molecule has 3 aromatic rings. The number of Topliss-reactive ketones (excluding diaryl/α,β-unsaturated/α-hetero) is 1. The summed E-state index contributed by atoms with van der Waals surface area (Å²) in [6.07, 6.45) is 2.17. The molecule has 32 heavy (non-hydrogen) atoms. The van der Waals surface area contributed by atoms with E-state index in [-0.39, 0.29) is 18.1 Å². The van der Waals surface area contributed by atoms with Gasteiger partial charge in [-0.05, 0) is 48.0 Å². The highest BCUT2D eigenvalue weighted by molar-refractivity contribution is 6.51. The maximum atomic E-state index is 13.1. The smallest absolute Gasteiger partial charge is 0.300 e. The van der Waals surface area contributed by atoms with Gasteiger partial charge >= 0.3 is 0 Å². The Bertz CT molecular complexity index is 1290. The number of furan rings is 1. The number of nitrogens with zero attached hydrogens (tertiary/aromatic N) is 1. The molecule has 0 spiro atoms. The van der Waals surface area contributed by atoms with E-state index in [0.717, 1.165) is 11.3 Å². The van der Waals surface area contributed by atoms with Gasteiger partial charge < -0.3 is 23.7 Å². The Morgan fingerprint density at radius 2 is 1.81 bits per heavy atom. The summed E-state index contributed by atoms with van der Waals surface area (Å²) in [6, 6.07) is 12.6. The Labute approximate surface area is 182 Å². The van der Waals surface area contributed by atoms with Crippen LogP contribution in [0.5, 0.6) is 17.2 Å². The lowest BCUT2D eigenvalue weighted by atomic mass is 9.98. The van der Waals surface area contributed by atoms with Crippen molar-refractivity contribution in [2.24, 2.45) is 0 Å². The number of amides is 1. The van der Waals surface area contributed by atoms with Crippen molar-refractivity contribution >= 4 is 23.1 Å². The fourth-order valence-corrected chi connectivity index (χ4v) is 4.34. The molecule has 8 nitrogen and oxygen atoms in total. The van der Waals surface area contributed by atoms with Gasteiger partial charge in [0.15, 0.2) is 11.5 Å². The second-order valence-corrected chi connectivity index (χ2v) is 7.64. The van der Waals surface area contributed by atoms with E-state index < -0.39 is 17.7 Å². The summed E-state index contributed by atoms with van der Waals surface area (Å²) in [5, 5.41) is 11.2. The molecule has 3 aliphatic heterocycles. The quantitative estimate of drug-likeness (QED) is 0.385. The van der Waals surface area contributed by atoms with Gasteiger partial charge in [0.2, 0.25) is 6.79 Å². The van der Waals surface area contributed by atoms with Crippen LogP contribution in [-0.4, -0.2) is 30.2 Å². The van der Waals surface area contributed by atoms with Crippen LogP contribution in [-0.2, 0) is 16.0 Å². The minimum absolute atomic E-state index is 0.0403. The largest absolute Gasteiger partial charge is 0.507 e. The molecule has 0 radical (unpaired) electrons. The first kappa shape index (κ1) is 18.6. The Morgan fingerprint density at radius 1 is 0.969 bits per heavy atom. The minimum atomic E-state index is -0.935. The zero-order chi connectivity index (χ0) is 21.8. The lowest BCUT2D eigenvalue weighted by Gasteiger charge is -2.23. The van der Waals surface area contributed by atoms with Crippen LogP contribution in [0.15, 0.2) is 64.8 Å². The van der Waals surface area contributed by atoms with Crippen molar-refractivity contribution in [3.8, 4) is 17.2 Å².